The predicted molar refractivity (Wildman–Crippen MR) is 146 cm³/mol. The number of aliphatic hydroxyl groups is 2. The van der Waals surface area contributed by atoms with Crippen LogP contribution in [0.3, 0.4) is 0 Å². The number of H-pyrrole nitrogens is 1. The summed E-state index contributed by atoms with van der Waals surface area (Å²) in [6.07, 6.45) is -3.20. The summed E-state index contributed by atoms with van der Waals surface area (Å²) in [6.45, 7) is 3.38. The number of hydrogen-bond donors (Lipinski definition) is 4. The number of esters is 1. The average Bonchev–Trinajstić information content (AvgIpc) is 2.90. The number of alkyl halides is 1. The van der Waals surface area contributed by atoms with Crippen LogP contribution in [0, 0.1) is 0 Å². The van der Waals surface area contributed by atoms with E-state index in [4.69, 9.17) is 18.5 Å². The molecule has 0 aliphatic heterocycles. The number of aliphatic hydroxyl groups excluding tert-OH is 2. The summed E-state index contributed by atoms with van der Waals surface area (Å²) in [5, 5.41) is 24.0. The van der Waals surface area contributed by atoms with Crippen molar-refractivity contribution < 1.29 is 42.5 Å². The van der Waals surface area contributed by atoms with E-state index in [0.29, 0.717) is 4.57 Å². The minimum absolute atomic E-state index is 0.0550. The molecule has 3 rings (SSSR count). The van der Waals surface area contributed by atoms with Gasteiger partial charge in [0, 0.05) is 12.3 Å². The van der Waals surface area contributed by atoms with Gasteiger partial charge in [0.2, 0.25) is 0 Å². The summed E-state index contributed by atoms with van der Waals surface area (Å²) < 4.78 is 51.9. The van der Waals surface area contributed by atoms with Gasteiger partial charge in [0.05, 0.1) is 12.7 Å². The van der Waals surface area contributed by atoms with Crippen LogP contribution in [0.25, 0.3) is 10.8 Å². The van der Waals surface area contributed by atoms with Crippen molar-refractivity contribution in [1.29, 1.82) is 0 Å². The molecule has 0 spiro atoms. The van der Waals surface area contributed by atoms with Crippen LogP contribution in [-0.2, 0) is 23.4 Å². The van der Waals surface area contributed by atoms with Crippen molar-refractivity contribution in [3.8, 4) is 5.75 Å². The molecule has 3 aromatic rings. The van der Waals surface area contributed by atoms with E-state index in [2.05, 4.69) is 5.09 Å². The highest BCUT2D eigenvalue weighted by atomic mass is 31.2. The summed E-state index contributed by atoms with van der Waals surface area (Å²) >= 11 is 0. The standard InChI is InChI=1S/C26H33FN3O10P/c1-16(2)38-24(34)17(3)29-41(36,40-21-10-9-19-7-5-6-8-20(19)13-21)37-15-26(27,18(4)32)39-23(14-31)30-12-11-22(33)28-25(30)35/h5-13,16-18,23,31-32H,14-15H2,1-4H3,(H,29,36)(H,28,33,35)/t17-,18-,23+,26+,41?/m0/s1. The Kier molecular flexibility index (Phi) is 10.6. The van der Waals surface area contributed by atoms with Gasteiger partial charge < -0.3 is 24.2 Å². The van der Waals surface area contributed by atoms with Crippen molar-refractivity contribution >= 4 is 24.5 Å². The molecule has 0 aliphatic carbocycles. The molecule has 0 saturated carbocycles. The molecule has 5 atom stereocenters. The molecule has 15 heteroatoms. The van der Waals surface area contributed by atoms with Gasteiger partial charge in [0.1, 0.15) is 24.5 Å². The Hall–Kier alpha value is -3.39. The molecular formula is C26H33FN3O10P. The lowest BCUT2D eigenvalue weighted by atomic mass is 10.1. The molecule has 0 amide bonds. The van der Waals surface area contributed by atoms with E-state index in [9.17, 15) is 29.2 Å². The number of carbonyl (C=O) groups is 1. The van der Waals surface area contributed by atoms with Gasteiger partial charge in [-0.1, -0.05) is 30.3 Å². The summed E-state index contributed by atoms with van der Waals surface area (Å²) in [5.74, 6) is -3.91. The maximum atomic E-state index is 16.0. The number of nitrogens with one attached hydrogen (secondary N) is 2. The Bertz CT molecular complexity index is 1510. The Labute approximate surface area is 234 Å². The lowest BCUT2D eigenvalue weighted by Crippen LogP contribution is -2.48. The van der Waals surface area contributed by atoms with E-state index in [0.717, 1.165) is 30.0 Å². The predicted octanol–water partition coefficient (Wildman–Crippen LogP) is 2.38. The number of ether oxygens (including phenoxy) is 2. The largest absolute Gasteiger partial charge is 0.462 e. The molecular weight excluding hydrogens is 564 g/mol. The van der Waals surface area contributed by atoms with Gasteiger partial charge in [-0.3, -0.25) is 23.7 Å². The zero-order chi connectivity index (χ0) is 30.4. The third-order valence-electron chi connectivity index (χ3n) is 5.71. The van der Waals surface area contributed by atoms with Gasteiger partial charge in [0.15, 0.2) is 6.23 Å². The maximum Gasteiger partial charge on any atom is 0.459 e. The molecule has 1 aromatic heterocycles. The Morgan fingerprint density at radius 2 is 1.80 bits per heavy atom. The van der Waals surface area contributed by atoms with Crippen LogP contribution >= 0.6 is 7.75 Å². The van der Waals surface area contributed by atoms with Crippen LogP contribution in [0.2, 0.25) is 0 Å². The molecule has 0 fully saturated rings. The lowest BCUT2D eigenvalue weighted by molar-refractivity contribution is -0.264. The van der Waals surface area contributed by atoms with Crippen LogP contribution in [0.1, 0.15) is 33.9 Å². The number of hydrogen-bond acceptors (Lipinski definition) is 10. The number of aromatic nitrogens is 2. The van der Waals surface area contributed by atoms with Gasteiger partial charge >= 0.3 is 19.4 Å². The number of halogens is 1. The van der Waals surface area contributed by atoms with Crippen molar-refractivity contribution in [3.05, 3.63) is 75.6 Å². The highest BCUT2D eigenvalue weighted by Gasteiger charge is 2.44. The van der Waals surface area contributed by atoms with E-state index in [1.165, 1.54) is 13.0 Å². The first-order valence-electron chi connectivity index (χ1n) is 12.6. The topological polar surface area (TPSA) is 178 Å². The number of benzene rings is 2. The van der Waals surface area contributed by atoms with E-state index in [1.54, 1.807) is 38.1 Å². The van der Waals surface area contributed by atoms with Gasteiger partial charge in [-0.25, -0.2) is 13.8 Å². The Morgan fingerprint density at radius 1 is 1.12 bits per heavy atom. The van der Waals surface area contributed by atoms with Crippen molar-refractivity contribution in [2.45, 2.75) is 58.0 Å². The fourth-order valence-electron chi connectivity index (χ4n) is 3.57. The third-order valence-corrected chi connectivity index (χ3v) is 7.33. The molecule has 1 unspecified atom stereocenters. The average molecular weight is 598 g/mol. The molecule has 41 heavy (non-hydrogen) atoms. The van der Waals surface area contributed by atoms with Crippen LogP contribution < -0.4 is 20.9 Å². The summed E-state index contributed by atoms with van der Waals surface area (Å²) in [4.78, 5) is 37.9. The second kappa shape index (κ2) is 13.5. The molecule has 0 saturated heterocycles. The van der Waals surface area contributed by atoms with Gasteiger partial charge in [-0.05, 0) is 50.6 Å². The normalized spacial score (nSPS) is 16.9. The minimum atomic E-state index is -4.61. The van der Waals surface area contributed by atoms with E-state index in [1.807, 2.05) is 17.1 Å². The van der Waals surface area contributed by atoms with Crippen molar-refractivity contribution in [1.82, 2.24) is 14.6 Å². The quantitative estimate of drug-likeness (QED) is 0.158. The highest BCUT2D eigenvalue weighted by molar-refractivity contribution is 7.52. The molecule has 13 nitrogen and oxygen atoms in total. The van der Waals surface area contributed by atoms with E-state index >= 15 is 4.39 Å². The Balaban J connectivity index is 1.90. The third kappa shape index (κ3) is 8.55. The molecule has 1 heterocycles. The zero-order valence-corrected chi connectivity index (χ0v) is 23.7. The molecule has 4 N–H and O–H groups in total. The second-order valence-electron chi connectivity index (χ2n) is 9.44. The number of rotatable bonds is 14. The SMILES string of the molecule is CC(C)OC(=O)[C@H](C)NP(=O)(OC[C@@](F)(O[C@H](CO)n1ccc(=O)[nH]c1=O)[C@H](C)O)Oc1ccc2ccccc2c1. The molecule has 0 bridgehead atoms. The van der Waals surface area contributed by atoms with Crippen LogP contribution in [-0.4, -0.2) is 63.1 Å². The number of carbonyl (C=O) groups excluding carboxylic acids is 1. The van der Waals surface area contributed by atoms with Gasteiger partial charge in [0.25, 0.3) is 11.4 Å². The molecule has 0 aliphatic rings. The summed E-state index contributed by atoms with van der Waals surface area (Å²) in [5.41, 5.74) is -1.76. The van der Waals surface area contributed by atoms with Gasteiger partial charge in [-0.15, -0.1) is 0 Å². The lowest BCUT2D eigenvalue weighted by Gasteiger charge is -2.33. The fraction of sp³-hybridized carbons (Fsp3) is 0.423. The van der Waals surface area contributed by atoms with E-state index < -0.39 is 68.5 Å². The highest BCUT2D eigenvalue weighted by Crippen LogP contribution is 2.47. The number of fused-ring (bicyclic) bond motifs is 1. The first-order valence-corrected chi connectivity index (χ1v) is 14.2. The smallest absolute Gasteiger partial charge is 0.459 e. The van der Waals surface area contributed by atoms with Crippen molar-refractivity contribution in [3.63, 3.8) is 0 Å². The fourth-order valence-corrected chi connectivity index (χ4v) is 5.06. The van der Waals surface area contributed by atoms with Crippen LogP contribution in [0.15, 0.2) is 64.3 Å². The minimum Gasteiger partial charge on any atom is -0.462 e. The van der Waals surface area contributed by atoms with Crippen LogP contribution in [0.4, 0.5) is 4.39 Å². The first-order chi connectivity index (χ1) is 19.2. The van der Waals surface area contributed by atoms with Gasteiger partial charge in [-0.2, -0.15) is 5.09 Å². The summed E-state index contributed by atoms with van der Waals surface area (Å²) in [7, 11) is -4.61. The van der Waals surface area contributed by atoms with Crippen LogP contribution in [0.5, 0.6) is 5.75 Å². The zero-order valence-electron chi connectivity index (χ0n) is 22.9. The molecule has 224 valence electrons. The molecule has 2 aromatic carbocycles. The molecule has 0 radical (unpaired) electrons. The number of nitrogens with zero attached hydrogens (tertiary/aromatic N) is 1. The number of aromatic amines is 1. The monoisotopic (exact) mass is 597 g/mol. The summed E-state index contributed by atoms with van der Waals surface area (Å²) in [6, 6.07) is 11.7. The van der Waals surface area contributed by atoms with Crippen molar-refractivity contribution in [2.24, 2.45) is 0 Å². The van der Waals surface area contributed by atoms with E-state index in [-0.39, 0.29) is 5.75 Å². The first kappa shape index (κ1) is 32.1. The second-order valence-corrected chi connectivity index (χ2v) is 11.1. The Morgan fingerprint density at radius 3 is 2.41 bits per heavy atom. The maximum absolute atomic E-state index is 16.0. The van der Waals surface area contributed by atoms with Crippen molar-refractivity contribution in [2.75, 3.05) is 13.2 Å².